The molecule has 0 aliphatic carbocycles. The Morgan fingerprint density at radius 3 is 2.10 bits per heavy atom. The molecule has 0 N–H and O–H groups in total. The monoisotopic (exact) mass is 132 g/mol. The fourth-order valence-electron chi connectivity index (χ4n) is 0.951. The molecule has 0 aliphatic heterocycles. The molecule has 0 saturated carbocycles. The molecule has 1 aromatic rings. The smallest absolute Gasteiger partial charge is 0.0658 e. The average Bonchev–Trinajstić information content (AvgIpc) is 1.88. The first-order valence-corrected chi connectivity index (χ1v) is 3.76. The molecule has 1 heteroatoms. The predicted octanol–water partition coefficient (Wildman–Crippen LogP) is 1.69. The number of aryl methyl sites for hydroxylation is 1. The number of hydrogen-bond acceptors (Lipinski definition) is 0. The Balaban J connectivity index is 2.89. The van der Waals surface area contributed by atoms with Crippen LogP contribution in [0.2, 0.25) is 0 Å². The zero-order valence-electron chi connectivity index (χ0n) is 6.89. The molecule has 1 rings (SSSR count). The van der Waals surface area contributed by atoms with Crippen molar-refractivity contribution in [2.24, 2.45) is 0 Å². The zero-order chi connectivity index (χ0) is 7.56. The van der Waals surface area contributed by atoms with E-state index >= 15 is 0 Å². The molecule has 0 fully saturated rings. The quantitative estimate of drug-likeness (QED) is 0.510. The van der Waals surface area contributed by atoms with E-state index in [0.717, 1.165) is 0 Å². The lowest BCUT2D eigenvalue weighted by Gasteiger charge is -2.03. The van der Waals surface area contributed by atoms with Gasteiger partial charge < -0.3 is 0 Å². The summed E-state index contributed by atoms with van der Waals surface area (Å²) < 4.78 is 0. The minimum Gasteiger partial charge on any atom is -0.0658 e. The van der Waals surface area contributed by atoms with E-state index in [2.05, 4.69) is 46.0 Å². The van der Waals surface area contributed by atoms with E-state index in [1.54, 1.807) is 0 Å². The van der Waals surface area contributed by atoms with Gasteiger partial charge in [-0.15, -0.1) is 0 Å². The molecule has 0 saturated heterocycles. The van der Waals surface area contributed by atoms with Crippen molar-refractivity contribution in [1.82, 2.24) is 0 Å². The summed E-state index contributed by atoms with van der Waals surface area (Å²) >= 11 is 0. The van der Waals surface area contributed by atoms with Crippen molar-refractivity contribution in [3.05, 3.63) is 35.4 Å². The van der Waals surface area contributed by atoms with Gasteiger partial charge in [0, 0.05) is 0 Å². The summed E-state index contributed by atoms with van der Waals surface area (Å²) in [4.78, 5) is 0. The van der Waals surface area contributed by atoms with Crippen LogP contribution in [-0.2, 0) is 0 Å². The molecular formula is C9H13B. The average molecular weight is 132 g/mol. The summed E-state index contributed by atoms with van der Waals surface area (Å²) in [5.41, 5.74) is 2.76. The van der Waals surface area contributed by atoms with Crippen LogP contribution in [0.3, 0.4) is 0 Å². The van der Waals surface area contributed by atoms with Crippen molar-refractivity contribution < 1.29 is 0 Å². The molecule has 0 aliphatic rings. The molecule has 52 valence electrons. The van der Waals surface area contributed by atoms with E-state index < -0.39 is 0 Å². The van der Waals surface area contributed by atoms with Crippen LogP contribution in [0.5, 0.6) is 0 Å². The molecule has 0 spiro atoms. The normalized spacial score (nSPS) is 13.0. The third kappa shape index (κ3) is 1.63. The Labute approximate surface area is 63.7 Å². The second-order valence-electron chi connectivity index (χ2n) is 3.07. The Hall–Kier alpha value is -0.715. The lowest BCUT2D eigenvalue weighted by molar-refractivity contribution is 1.08. The summed E-state index contributed by atoms with van der Waals surface area (Å²) in [7, 11) is 2.21. The van der Waals surface area contributed by atoms with Crippen LogP contribution in [0.25, 0.3) is 0 Å². The van der Waals surface area contributed by atoms with Crippen molar-refractivity contribution >= 4 is 7.85 Å². The maximum atomic E-state index is 2.21. The van der Waals surface area contributed by atoms with Crippen molar-refractivity contribution in [1.29, 1.82) is 0 Å². The summed E-state index contributed by atoms with van der Waals surface area (Å²) in [5.74, 6) is 0.653. The molecule has 0 radical (unpaired) electrons. The van der Waals surface area contributed by atoms with Crippen LogP contribution >= 0.6 is 0 Å². The van der Waals surface area contributed by atoms with Gasteiger partial charge in [-0.3, -0.25) is 0 Å². The maximum absolute atomic E-state index is 2.21. The van der Waals surface area contributed by atoms with E-state index in [-0.39, 0.29) is 0 Å². The van der Waals surface area contributed by atoms with Gasteiger partial charge in [-0.25, -0.2) is 0 Å². The molecule has 0 nitrogen and oxygen atoms in total. The molecule has 1 atom stereocenters. The van der Waals surface area contributed by atoms with Gasteiger partial charge in [0.15, 0.2) is 0 Å². The second-order valence-corrected chi connectivity index (χ2v) is 3.07. The first-order chi connectivity index (χ1) is 4.70. The Bertz CT molecular complexity index is 198. The fourth-order valence-corrected chi connectivity index (χ4v) is 0.951. The molecule has 0 aromatic heterocycles. The van der Waals surface area contributed by atoms with Gasteiger partial charge in [-0.2, -0.15) is 0 Å². The highest BCUT2D eigenvalue weighted by Crippen LogP contribution is 2.11. The minimum atomic E-state index is 0.653. The van der Waals surface area contributed by atoms with Gasteiger partial charge in [0.1, 0.15) is 7.85 Å². The summed E-state index contributed by atoms with van der Waals surface area (Å²) in [5, 5.41) is 0. The third-order valence-electron chi connectivity index (χ3n) is 1.74. The third-order valence-corrected chi connectivity index (χ3v) is 1.74. The van der Waals surface area contributed by atoms with Crippen LogP contribution in [-0.4, -0.2) is 7.85 Å². The Morgan fingerprint density at radius 2 is 1.70 bits per heavy atom. The summed E-state index contributed by atoms with van der Waals surface area (Å²) in [6.07, 6.45) is 0. The van der Waals surface area contributed by atoms with E-state index in [1.807, 2.05) is 0 Å². The van der Waals surface area contributed by atoms with Crippen LogP contribution in [0.4, 0.5) is 0 Å². The number of benzene rings is 1. The fraction of sp³-hybridized carbons (Fsp3) is 0.333. The highest BCUT2D eigenvalue weighted by molar-refractivity contribution is 6.12. The first-order valence-electron chi connectivity index (χ1n) is 3.76. The molecule has 0 bridgehead atoms. The van der Waals surface area contributed by atoms with E-state index in [0.29, 0.717) is 5.82 Å². The van der Waals surface area contributed by atoms with Gasteiger partial charge in [0.2, 0.25) is 0 Å². The molecule has 0 heterocycles. The standard InChI is InChI=1S/C9H13B/c1-7-3-5-9(6-4-7)8(2)10/h3-6,8H,10H2,1-2H3. The highest BCUT2D eigenvalue weighted by atomic mass is 14.0. The van der Waals surface area contributed by atoms with Crippen molar-refractivity contribution in [3.63, 3.8) is 0 Å². The van der Waals surface area contributed by atoms with Crippen LogP contribution < -0.4 is 0 Å². The van der Waals surface area contributed by atoms with Gasteiger partial charge in [-0.1, -0.05) is 42.3 Å². The van der Waals surface area contributed by atoms with Gasteiger partial charge >= 0.3 is 0 Å². The second kappa shape index (κ2) is 2.91. The molecule has 1 aromatic carbocycles. The van der Waals surface area contributed by atoms with E-state index in [1.165, 1.54) is 11.1 Å². The molecular weight excluding hydrogens is 119 g/mol. The SMILES string of the molecule is BC(C)c1ccc(C)cc1. The first kappa shape index (κ1) is 7.39. The number of rotatable bonds is 1. The lowest BCUT2D eigenvalue weighted by Crippen LogP contribution is -1.90. The Morgan fingerprint density at radius 1 is 1.20 bits per heavy atom. The summed E-state index contributed by atoms with van der Waals surface area (Å²) in [6.45, 7) is 4.33. The minimum absolute atomic E-state index is 0.653. The van der Waals surface area contributed by atoms with Crippen molar-refractivity contribution in [2.75, 3.05) is 0 Å². The number of hydrogen-bond donors (Lipinski definition) is 0. The summed E-state index contributed by atoms with van der Waals surface area (Å²) in [6, 6.07) is 8.71. The Kier molecular flexibility index (Phi) is 2.15. The lowest BCUT2D eigenvalue weighted by atomic mass is 9.83. The van der Waals surface area contributed by atoms with Crippen LogP contribution in [0.15, 0.2) is 24.3 Å². The van der Waals surface area contributed by atoms with Gasteiger partial charge in [0.05, 0.1) is 0 Å². The molecule has 10 heavy (non-hydrogen) atoms. The zero-order valence-corrected chi connectivity index (χ0v) is 6.89. The van der Waals surface area contributed by atoms with Gasteiger partial charge in [-0.05, 0) is 12.7 Å². The maximum Gasteiger partial charge on any atom is 0.110 e. The van der Waals surface area contributed by atoms with Crippen LogP contribution in [0.1, 0.15) is 23.9 Å². The van der Waals surface area contributed by atoms with Crippen molar-refractivity contribution in [2.45, 2.75) is 19.7 Å². The topological polar surface area (TPSA) is 0 Å². The van der Waals surface area contributed by atoms with E-state index in [9.17, 15) is 0 Å². The highest BCUT2D eigenvalue weighted by Gasteiger charge is 1.95. The largest absolute Gasteiger partial charge is 0.110 e. The predicted molar refractivity (Wildman–Crippen MR) is 48.1 cm³/mol. The molecule has 1 unspecified atom stereocenters. The van der Waals surface area contributed by atoms with E-state index in [4.69, 9.17) is 0 Å². The van der Waals surface area contributed by atoms with Crippen molar-refractivity contribution in [3.8, 4) is 0 Å². The molecule has 0 amide bonds. The van der Waals surface area contributed by atoms with Gasteiger partial charge in [0.25, 0.3) is 0 Å². The van der Waals surface area contributed by atoms with Crippen LogP contribution in [0, 0.1) is 6.92 Å².